The molecule has 0 atom stereocenters. The maximum atomic E-state index is 5.61. The minimum atomic E-state index is 0.342. The van der Waals surface area contributed by atoms with Crippen LogP contribution in [0.4, 0.5) is 0 Å². The molecule has 120 valence electrons. The van der Waals surface area contributed by atoms with Crippen molar-refractivity contribution in [3.05, 3.63) is 17.3 Å². The van der Waals surface area contributed by atoms with Gasteiger partial charge in [-0.05, 0) is 12.5 Å². The highest BCUT2D eigenvalue weighted by Gasteiger charge is 1.97. The van der Waals surface area contributed by atoms with Crippen molar-refractivity contribution < 1.29 is 18.9 Å². The zero-order valence-electron chi connectivity index (χ0n) is 12.4. The largest absolute Gasteiger partial charge is 0.474 e. The summed E-state index contributed by atoms with van der Waals surface area (Å²) in [5.41, 5.74) is 0. The number of aromatic nitrogens is 2. The molecule has 1 rings (SSSR count). The molecule has 6 nitrogen and oxygen atoms in total. The third kappa shape index (κ3) is 10.4. The Balaban J connectivity index is 1.81. The highest BCUT2D eigenvalue weighted by Crippen LogP contribution is 2.07. The number of halogens is 1. The molecule has 0 aliphatic carbocycles. The third-order valence-corrected chi connectivity index (χ3v) is 2.67. The first-order valence-corrected chi connectivity index (χ1v) is 7.56. The van der Waals surface area contributed by atoms with E-state index in [-0.39, 0.29) is 0 Å². The SMILES string of the molecule is CCCCOCCOCCOCCOc1ccc(Cl)nn1. The van der Waals surface area contributed by atoms with Gasteiger partial charge in [0, 0.05) is 12.7 Å². The maximum Gasteiger partial charge on any atom is 0.233 e. The number of nitrogens with zero attached hydrogens (tertiary/aromatic N) is 2. The number of ether oxygens (including phenoxy) is 4. The van der Waals surface area contributed by atoms with Crippen LogP contribution < -0.4 is 4.74 Å². The lowest BCUT2D eigenvalue weighted by Gasteiger charge is -2.07. The van der Waals surface area contributed by atoms with Gasteiger partial charge >= 0.3 is 0 Å². The quantitative estimate of drug-likeness (QED) is 0.520. The van der Waals surface area contributed by atoms with E-state index in [1.165, 1.54) is 0 Å². The van der Waals surface area contributed by atoms with Crippen LogP contribution in [0.2, 0.25) is 5.15 Å². The van der Waals surface area contributed by atoms with Crippen molar-refractivity contribution in [2.24, 2.45) is 0 Å². The highest BCUT2D eigenvalue weighted by atomic mass is 35.5. The van der Waals surface area contributed by atoms with Crippen molar-refractivity contribution in [3.8, 4) is 5.88 Å². The molecule has 0 N–H and O–H groups in total. The molecule has 0 aliphatic heterocycles. The summed E-state index contributed by atoms with van der Waals surface area (Å²) in [6.45, 7) is 6.16. The molecule has 0 radical (unpaired) electrons. The fraction of sp³-hybridized carbons (Fsp3) is 0.714. The average molecular weight is 319 g/mol. The van der Waals surface area contributed by atoms with Crippen LogP contribution >= 0.6 is 11.6 Å². The van der Waals surface area contributed by atoms with Gasteiger partial charge in [0.2, 0.25) is 5.88 Å². The van der Waals surface area contributed by atoms with Crippen LogP contribution in [0, 0.1) is 0 Å². The minimum Gasteiger partial charge on any atom is -0.474 e. The van der Waals surface area contributed by atoms with Crippen molar-refractivity contribution >= 4 is 11.6 Å². The molecule has 1 aromatic rings. The van der Waals surface area contributed by atoms with Gasteiger partial charge < -0.3 is 18.9 Å². The number of hydrogen-bond acceptors (Lipinski definition) is 6. The van der Waals surface area contributed by atoms with Crippen LogP contribution in [0.3, 0.4) is 0 Å². The van der Waals surface area contributed by atoms with Crippen molar-refractivity contribution in [1.82, 2.24) is 10.2 Å². The first-order chi connectivity index (χ1) is 10.3. The summed E-state index contributed by atoms with van der Waals surface area (Å²) >= 11 is 5.61. The monoisotopic (exact) mass is 318 g/mol. The lowest BCUT2D eigenvalue weighted by atomic mass is 10.4. The Hall–Kier alpha value is -0.950. The van der Waals surface area contributed by atoms with Gasteiger partial charge in [-0.25, -0.2) is 0 Å². The molecule has 0 fully saturated rings. The Kier molecular flexibility index (Phi) is 11.0. The van der Waals surface area contributed by atoms with Gasteiger partial charge in [0.05, 0.1) is 33.0 Å². The van der Waals surface area contributed by atoms with Crippen LogP contribution in [0.15, 0.2) is 12.1 Å². The smallest absolute Gasteiger partial charge is 0.233 e. The fourth-order valence-electron chi connectivity index (χ4n) is 1.37. The molecule has 0 amide bonds. The second-order valence-electron chi connectivity index (χ2n) is 4.23. The molecular formula is C14H23ClN2O4. The predicted molar refractivity (Wildman–Crippen MR) is 79.9 cm³/mol. The summed E-state index contributed by atoms with van der Waals surface area (Å²) in [7, 11) is 0. The Morgan fingerprint density at radius 3 is 2.05 bits per heavy atom. The van der Waals surface area contributed by atoms with Gasteiger partial charge in [-0.3, -0.25) is 0 Å². The van der Waals surface area contributed by atoms with Gasteiger partial charge in [-0.15, -0.1) is 10.2 Å². The first kappa shape index (κ1) is 18.1. The Labute approximate surface area is 130 Å². The normalized spacial score (nSPS) is 10.8. The van der Waals surface area contributed by atoms with Crippen molar-refractivity contribution in [3.63, 3.8) is 0 Å². The summed E-state index contributed by atoms with van der Waals surface area (Å²) < 4.78 is 21.4. The van der Waals surface area contributed by atoms with Gasteiger partial charge in [0.25, 0.3) is 0 Å². The molecule has 1 aromatic heterocycles. The minimum absolute atomic E-state index is 0.342. The third-order valence-electron chi connectivity index (χ3n) is 2.47. The van der Waals surface area contributed by atoms with E-state index in [0.29, 0.717) is 50.7 Å². The van der Waals surface area contributed by atoms with Crippen LogP contribution in [0.1, 0.15) is 19.8 Å². The number of rotatable bonds is 13. The zero-order chi connectivity index (χ0) is 15.2. The van der Waals surface area contributed by atoms with Crippen molar-refractivity contribution in [2.75, 3.05) is 46.2 Å². The van der Waals surface area contributed by atoms with E-state index in [4.69, 9.17) is 30.5 Å². The number of unbranched alkanes of at least 4 members (excludes halogenated alkanes) is 1. The first-order valence-electron chi connectivity index (χ1n) is 7.18. The Bertz CT molecular complexity index is 351. The molecule has 0 aromatic carbocycles. The lowest BCUT2D eigenvalue weighted by molar-refractivity contribution is 0.00867. The van der Waals surface area contributed by atoms with Gasteiger partial charge in [-0.1, -0.05) is 24.9 Å². The van der Waals surface area contributed by atoms with Gasteiger partial charge in [-0.2, -0.15) is 0 Å². The van der Waals surface area contributed by atoms with Crippen LogP contribution in [0.25, 0.3) is 0 Å². The fourth-order valence-corrected chi connectivity index (χ4v) is 1.47. The van der Waals surface area contributed by atoms with E-state index in [1.807, 2.05) is 0 Å². The van der Waals surface area contributed by atoms with Crippen LogP contribution in [0.5, 0.6) is 5.88 Å². The standard InChI is InChI=1S/C14H23ClN2O4/c1-2-3-6-18-7-8-19-9-10-20-11-12-21-14-5-4-13(15)16-17-14/h4-5H,2-3,6-12H2,1H3. The number of hydrogen-bond donors (Lipinski definition) is 0. The predicted octanol–water partition coefficient (Wildman–Crippen LogP) is 2.36. The van der Waals surface area contributed by atoms with Crippen LogP contribution in [-0.4, -0.2) is 56.4 Å². The van der Waals surface area contributed by atoms with E-state index >= 15 is 0 Å². The molecule has 21 heavy (non-hydrogen) atoms. The maximum absolute atomic E-state index is 5.61. The molecule has 1 heterocycles. The molecule has 0 saturated carbocycles. The molecular weight excluding hydrogens is 296 g/mol. The van der Waals surface area contributed by atoms with Crippen LogP contribution in [-0.2, 0) is 14.2 Å². The highest BCUT2D eigenvalue weighted by molar-refractivity contribution is 6.29. The second-order valence-corrected chi connectivity index (χ2v) is 4.62. The second kappa shape index (κ2) is 12.8. The molecule has 0 saturated heterocycles. The molecule has 0 spiro atoms. The summed E-state index contributed by atoms with van der Waals surface area (Å²) in [6.07, 6.45) is 2.25. The zero-order valence-corrected chi connectivity index (χ0v) is 13.2. The lowest BCUT2D eigenvalue weighted by Crippen LogP contribution is -2.13. The van der Waals surface area contributed by atoms with E-state index < -0.39 is 0 Å². The molecule has 0 aliphatic rings. The average Bonchev–Trinajstić information content (AvgIpc) is 2.50. The van der Waals surface area contributed by atoms with E-state index in [9.17, 15) is 0 Å². The van der Waals surface area contributed by atoms with E-state index in [1.54, 1.807) is 12.1 Å². The topological polar surface area (TPSA) is 62.7 Å². The summed E-state index contributed by atoms with van der Waals surface area (Å²) in [5, 5.41) is 7.78. The Morgan fingerprint density at radius 2 is 1.48 bits per heavy atom. The summed E-state index contributed by atoms with van der Waals surface area (Å²) in [5.74, 6) is 0.434. The van der Waals surface area contributed by atoms with Crippen molar-refractivity contribution in [1.29, 1.82) is 0 Å². The molecule has 0 bridgehead atoms. The van der Waals surface area contributed by atoms with Crippen molar-refractivity contribution in [2.45, 2.75) is 19.8 Å². The van der Waals surface area contributed by atoms with E-state index in [0.717, 1.165) is 19.4 Å². The van der Waals surface area contributed by atoms with Gasteiger partial charge in [0.1, 0.15) is 6.61 Å². The molecule has 7 heteroatoms. The Morgan fingerprint density at radius 1 is 0.857 bits per heavy atom. The molecule has 0 unspecified atom stereocenters. The van der Waals surface area contributed by atoms with E-state index in [2.05, 4.69) is 17.1 Å². The summed E-state index contributed by atoms with van der Waals surface area (Å²) in [4.78, 5) is 0. The summed E-state index contributed by atoms with van der Waals surface area (Å²) in [6, 6.07) is 3.29. The van der Waals surface area contributed by atoms with Gasteiger partial charge in [0.15, 0.2) is 5.15 Å².